The minimum atomic E-state index is -4.59. The van der Waals surface area contributed by atoms with Gasteiger partial charge in [-0.1, -0.05) is 47.5 Å². The number of sulfonamides is 1. The topological polar surface area (TPSA) is 140 Å². The predicted octanol–water partition coefficient (Wildman–Crippen LogP) is 4.62. The number of ketones is 1. The van der Waals surface area contributed by atoms with Gasteiger partial charge in [-0.3, -0.25) is 19.9 Å². The zero-order valence-corrected chi connectivity index (χ0v) is 22.1. The molecule has 1 aliphatic rings. The number of fused-ring (bicyclic) bond motifs is 1. The second kappa shape index (κ2) is 10.7. The van der Waals surface area contributed by atoms with Crippen LogP contribution in [-0.4, -0.2) is 35.8 Å². The quantitative estimate of drug-likeness (QED) is 0.277. The van der Waals surface area contributed by atoms with Crippen molar-refractivity contribution in [2.45, 2.75) is 41.8 Å². The van der Waals surface area contributed by atoms with Crippen molar-refractivity contribution in [3.63, 3.8) is 0 Å². The summed E-state index contributed by atoms with van der Waals surface area (Å²) >= 11 is 12.1. The Morgan fingerprint density at radius 1 is 1.16 bits per heavy atom. The molecular weight excluding hydrogens is 560 g/mol. The van der Waals surface area contributed by atoms with Crippen molar-refractivity contribution < 1.29 is 27.6 Å². The Hall–Kier alpha value is -2.96. The van der Waals surface area contributed by atoms with E-state index in [0.29, 0.717) is 15.6 Å². The molecule has 0 fully saturated rings. The van der Waals surface area contributed by atoms with Crippen LogP contribution in [0.3, 0.4) is 0 Å². The molecule has 0 saturated carbocycles. The highest BCUT2D eigenvalue weighted by atomic mass is 35.5. The highest BCUT2D eigenvalue weighted by molar-refractivity contribution is 7.89. The van der Waals surface area contributed by atoms with Crippen LogP contribution in [0.5, 0.6) is 0 Å². The summed E-state index contributed by atoms with van der Waals surface area (Å²) in [5.74, 6) is -0.758. The van der Waals surface area contributed by atoms with Crippen LogP contribution in [0.4, 0.5) is 10.1 Å². The molecule has 0 radical (unpaired) electrons. The lowest BCUT2D eigenvalue weighted by molar-refractivity contribution is -0.387. The number of para-hydroxylation sites is 1. The lowest BCUT2D eigenvalue weighted by Gasteiger charge is -2.42. The third-order valence-corrected chi connectivity index (χ3v) is 8.78. The molecule has 38 heavy (non-hydrogen) atoms. The first kappa shape index (κ1) is 28.1. The molecule has 0 unspecified atom stereocenters. The number of aliphatic hydroxyl groups is 1. The van der Waals surface area contributed by atoms with Gasteiger partial charge in [-0.2, -0.15) is 4.72 Å². The molecule has 1 heterocycles. The molecule has 0 saturated heterocycles. The van der Waals surface area contributed by atoms with Crippen LogP contribution in [0, 0.1) is 10.1 Å². The number of aromatic nitrogens is 1. The molecule has 4 rings (SSSR count). The fourth-order valence-corrected chi connectivity index (χ4v) is 6.70. The normalized spacial score (nSPS) is 21.1. The van der Waals surface area contributed by atoms with Crippen molar-refractivity contribution in [2.75, 3.05) is 6.61 Å². The molecule has 9 nitrogen and oxygen atoms in total. The number of nitrogens with one attached hydrogen (secondary N) is 1. The molecule has 0 bridgehead atoms. The van der Waals surface area contributed by atoms with Crippen LogP contribution in [0.1, 0.15) is 36.1 Å². The number of aliphatic hydroxyl groups excluding tert-OH is 1. The third kappa shape index (κ3) is 5.16. The Labute approximate surface area is 227 Å². The molecule has 3 aromatic rings. The van der Waals surface area contributed by atoms with Gasteiger partial charge in [0.2, 0.25) is 10.0 Å². The fourth-order valence-electron chi connectivity index (χ4n) is 4.64. The number of nitrogens with zero attached hydrogens (tertiary/aromatic N) is 2. The van der Waals surface area contributed by atoms with E-state index in [2.05, 4.69) is 9.71 Å². The van der Waals surface area contributed by atoms with Crippen molar-refractivity contribution in [3.8, 4) is 0 Å². The lowest BCUT2D eigenvalue weighted by atomic mass is 9.71. The highest BCUT2D eigenvalue weighted by Crippen LogP contribution is 2.47. The van der Waals surface area contributed by atoms with Gasteiger partial charge in [-0.25, -0.2) is 12.8 Å². The minimum Gasteiger partial charge on any atom is -0.394 e. The number of alkyl halides is 1. The summed E-state index contributed by atoms with van der Waals surface area (Å²) in [6.07, 6.45) is 0.425. The van der Waals surface area contributed by atoms with Crippen LogP contribution < -0.4 is 4.72 Å². The maximum absolute atomic E-state index is 16.4. The van der Waals surface area contributed by atoms with Crippen LogP contribution in [0.2, 0.25) is 10.0 Å². The summed E-state index contributed by atoms with van der Waals surface area (Å²) in [7, 11) is -4.59. The largest absolute Gasteiger partial charge is 0.394 e. The molecule has 2 aromatic carbocycles. The molecule has 0 spiro atoms. The monoisotopic (exact) mass is 581 g/mol. The number of nitro benzene ring substituents is 1. The second-order valence-corrected chi connectivity index (χ2v) is 11.4. The van der Waals surface area contributed by atoms with Gasteiger partial charge >= 0.3 is 0 Å². The number of hydrogen-bond acceptors (Lipinski definition) is 7. The third-order valence-electron chi connectivity index (χ3n) is 6.61. The van der Waals surface area contributed by atoms with Gasteiger partial charge in [0, 0.05) is 34.3 Å². The van der Waals surface area contributed by atoms with Gasteiger partial charge in [0.15, 0.2) is 16.3 Å². The van der Waals surface area contributed by atoms with E-state index in [1.165, 1.54) is 36.5 Å². The summed E-state index contributed by atoms with van der Waals surface area (Å²) in [6, 6.07) is 12.2. The minimum absolute atomic E-state index is 0.144. The Balaban J connectivity index is 1.68. The Bertz CT molecular complexity index is 1520. The van der Waals surface area contributed by atoms with Gasteiger partial charge in [0.05, 0.1) is 22.8 Å². The smallest absolute Gasteiger partial charge is 0.289 e. The summed E-state index contributed by atoms with van der Waals surface area (Å²) in [5, 5.41) is 22.5. The summed E-state index contributed by atoms with van der Waals surface area (Å²) in [4.78, 5) is 27.3. The zero-order valence-electron chi connectivity index (χ0n) is 19.7. The molecule has 0 aliphatic heterocycles. The number of nitro groups is 1. The average molecular weight is 582 g/mol. The van der Waals surface area contributed by atoms with Crippen molar-refractivity contribution in [1.29, 1.82) is 0 Å². The maximum atomic E-state index is 16.4. The van der Waals surface area contributed by atoms with E-state index in [9.17, 15) is 28.4 Å². The van der Waals surface area contributed by atoms with E-state index in [0.717, 1.165) is 12.1 Å². The second-order valence-electron chi connectivity index (χ2n) is 8.93. The lowest BCUT2D eigenvalue weighted by Crippen LogP contribution is -2.54. The number of Topliss-reactive ketones (excluding diaryl/α,β-unsaturated/α-hetero) is 1. The van der Waals surface area contributed by atoms with Crippen molar-refractivity contribution in [1.82, 2.24) is 9.71 Å². The van der Waals surface area contributed by atoms with E-state index in [-0.39, 0.29) is 30.5 Å². The highest BCUT2D eigenvalue weighted by Gasteiger charge is 2.53. The number of carbonyl (C=O) groups excluding carboxylic acids is 1. The Kier molecular flexibility index (Phi) is 7.87. The molecule has 200 valence electrons. The molecule has 2 N–H and O–H groups in total. The van der Waals surface area contributed by atoms with E-state index < -0.39 is 55.5 Å². The first-order valence-electron chi connectivity index (χ1n) is 11.4. The van der Waals surface area contributed by atoms with Crippen LogP contribution in [0.15, 0.2) is 65.7 Å². The first-order chi connectivity index (χ1) is 17.9. The van der Waals surface area contributed by atoms with Gasteiger partial charge in [-0.05, 0) is 49.1 Å². The molecule has 0 amide bonds. The summed E-state index contributed by atoms with van der Waals surface area (Å²) in [6.45, 7) is -0.832. The number of carbonyl (C=O) groups is 1. The number of benzene rings is 2. The van der Waals surface area contributed by atoms with Crippen molar-refractivity contribution in [3.05, 3.63) is 97.8 Å². The number of halogens is 3. The maximum Gasteiger partial charge on any atom is 0.289 e. The van der Waals surface area contributed by atoms with Gasteiger partial charge in [0.1, 0.15) is 0 Å². The predicted molar refractivity (Wildman–Crippen MR) is 138 cm³/mol. The summed E-state index contributed by atoms with van der Waals surface area (Å²) in [5.41, 5.74) is -4.74. The van der Waals surface area contributed by atoms with E-state index in [4.69, 9.17) is 23.2 Å². The number of hydrogen-bond donors (Lipinski definition) is 2. The van der Waals surface area contributed by atoms with E-state index >= 15 is 4.39 Å². The van der Waals surface area contributed by atoms with Crippen LogP contribution in [-0.2, 0) is 32.4 Å². The molecule has 2 atom stereocenters. The van der Waals surface area contributed by atoms with E-state index in [1.807, 2.05) is 0 Å². The number of pyridine rings is 1. The van der Waals surface area contributed by atoms with Crippen LogP contribution >= 0.6 is 23.2 Å². The standard InChI is InChI=1S/C25H22Cl2FN3O6S/c26-17-9-7-16(19(27)14-17)8-10-22(33)25(28)12-11-24(15-32,23-18(25)4-3-13-29-23)30-38(36,37)21-6-2-1-5-20(21)31(34)35/h1-7,9,13-14,30,32H,8,10-12,15H2/t24-,25-/m0/s1. The fraction of sp³-hybridized carbons (Fsp3) is 0.280. The molecule has 1 aliphatic carbocycles. The van der Waals surface area contributed by atoms with Gasteiger partial charge in [-0.15, -0.1) is 0 Å². The van der Waals surface area contributed by atoms with E-state index in [1.54, 1.807) is 12.1 Å². The van der Waals surface area contributed by atoms with Crippen molar-refractivity contribution >= 4 is 44.7 Å². The van der Waals surface area contributed by atoms with Crippen LogP contribution in [0.25, 0.3) is 0 Å². The number of aryl methyl sites for hydroxylation is 1. The Morgan fingerprint density at radius 2 is 1.89 bits per heavy atom. The molecule has 13 heteroatoms. The molecular formula is C25H22Cl2FN3O6S. The SMILES string of the molecule is O=C(CCc1ccc(Cl)cc1Cl)[C@]1(F)CC[C@@](CO)(NS(=O)(=O)c2ccccc2[N+](=O)[O-])c2ncccc21. The summed E-state index contributed by atoms with van der Waals surface area (Å²) < 4.78 is 45.3. The van der Waals surface area contributed by atoms with Gasteiger partial charge in [0.25, 0.3) is 5.69 Å². The van der Waals surface area contributed by atoms with Gasteiger partial charge < -0.3 is 5.11 Å². The van der Waals surface area contributed by atoms with Crippen molar-refractivity contribution in [2.24, 2.45) is 0 Å². The Morgan fingerprint density at radius 3 is 2.58 bits per heavy atom. The first-order valence-corrected chi connectivity index (χ1v) is 13.7. The number of rotatable bonds is 9. The molecule has 1 aromatic heterocycles. The zero-order chi connectivity index (χ0) is 27.7. The average Bonchev–Trinajstić information content (AvgIpc) is 2.90.